The van der Waals surface area contributed by atoms with Crippen LogP contribution in [0.4, 0.5) is 0 Å². The fourth-order valence-electron chi connectivity index (χ4n) is 1.24. The second-order valence-electron chi connectivity index (χ2n) is 3.39. The van der Waals surface area contributed by atoms with Gasteiger partial charge in [-0.3, -0.25) is 4.79 Å². The Morgan fingerprint density at radius 3 is 2.93 bits per heavy atom. The van der Waals surface area contributed by atoms with Crippen LogP contribution in [0, 0.1) is 5.92 Å². The van der Waals surface area contributed by atoms with Gasteiger partial charge in [0.05, 0.1) is 7.11 Å². The lowest BCUT2D eigenvalue weighted by molar-refractivity contribution is -0.120. The van der Waals surface area contributed by atoms with Crippen LogP contribution in [0.15, 0.2) is 18.3 Å². The van der Waals surface area contributed by atoms with E-state index < -0.39 is 0 Å². The molecule has 0 N–H and O–H groups in total. The highest BCUT2D eigenvalue weighted by molar-refractivity contribution is 5.78. The minimum atomic E-state index is 0.0214. The van der Waals surface area contributed by atoms with E-state index in [2.05, 4.69) is 4.98 Å². The number of nitrogens with zero attached hydrogens (tertiary/aromatic N) is 1. The molecular weight excluding hydrogens is 178 g/mol. The zero-order chi connectivity index (χ0) is 10.6. The molecule has 0 saturated heterocycles. The highest BCUT2D eigenvalue weighted by Crippen LogP contribution is 2.18. The molecule has 1 rings (SSSR count). The predicted octanol–water partition coefficient (Wildman–Crippen LogP) is 1.86. The fraction of sp³-hybridized carbons (Fsp3) is 0.455. The molecule has 0 spiro atoms. The minimum absolute atomic E-state index is 0.0214. The lowest BCUT2D eigenvalue weighted by Gasteiger charge is -2.10. The maximum absolute atomic E-state index is 11.1. The Morgan fingerprint density at radius 1 is 1.64 bits per heavy atom. The van der Waals surface area contributed by atoms with Crippen molar-refractivity contribution in [1.82, 2.24) is 4.98 Å². The normalized spacial score (nSPS) is 12.2. The molecule has 1 aromatic heterocycles. The molecule has 0 aliphatic carbocycles. The van der Waals surface area contributed by atoms with E-state index >= 15 is 0 Å². The zero-order valence-corrected chi connectivity index (χ0v) is 8.78. The molecule has 0 aliphatic rings. The van der Waals surface area contributed by atoms with Gasteiger partial charge in [0.25, 0.3) is 0 Å². The molecular formula is C11H15NO2. The van der Waals surface area contributed by atoms with Crippen LogP contribution in [-0.4, -0.2) is 17.9 Å². The third-order valence-corrected chi connectivity index (χ3v) is 2.26. The van der Waals surface area contributed by atoms with Crippen molar-refractivity contribution in [2.75, 3.05) is 7.11 Å². The third-order valence-electron chi connectivity index (χ3n) is 2.26. The summed E-state index contributed by atoms with van der Waals surface area (Å²) in [5.74, 6) is 0.824. The van der Waals surface area contributed by atoms with Gasteiger partial charge < -0.3 is 4.74 Å². The lowest BCUT2D eigenvalue weighted by atomic mass is 9.99. The summed E-state index contributed by atoms with van der Waals surface area (Å²) in [4.78, 5) is 15.2. The first-order valence-electron chi connectivity index (χ1n) is 4.63. The topological polar surface area (TPSA) is 39.2 Å². The van der Waals surface area contributed by atoms with Crippen LogP contribution < -0.4 is 4.74 Å². The number of hydrogen-bond acceptors (Lipinski definition) is 3. The second-order valence-corrected chi connectivity index (χ2v) is 3.39. The van der Waals surface area contributed by atoms with E-state index in [0.29, 0.717) is 12.3 Å². The number of ketones is 1. The van der Waals surface area contributed by atoms with Gasteiger partial charge in [-0.1, -0.05) is 13.0 Å². The summed E-state index contributed by atoms with van der Waals surface area (Å²) in [6, 6.07) is 3.79. The lowest BCUT2D eigenvalue weighted by Crippen LogP contribution is -2.10. The molecule has 3 nitrogen and oxygen atoms in total. The highest BCUT2D eigenvalue weighted by atomic mass is 16.5. The van der Waals surface area contributed by atoms with Gasteiger partial charge in [-0.25, -0.2) is 4.98 Å². The van der Waals surface area contributed by atoms with Crippen molar-refractivity contribution < 1.29 is 9.53 Å². The molecule has 1 unspecified atom stereocenters. The molecule has 0 radical (unpaired) electrons. The maximum atomic E-state index is 11.1. The van der Waals surface area contributed by atoms with Gasteiger partial charge in [0.1, 0.15) is 5.78 Å². The van der Waals surface area contributed by atoms with E-state index in [1.807, 2.05) is 19.1 Å². The molecule has 0 amide bonds. The van der Waals surface area contributed by atoms with Crippen molar-refractivity contribution >= 4 is 5.78 Å². The third kappa shape index (κ3) is 2.55. The highest BCUT2D eigenvalue weighted by Gasteiger charge is 2.11. The molecule has 0 aromatic carbocycles. The Morgan fingerprint density at radius 2 is 2.36 bits per heavy atom. The summed E-state index contributed by atoms with van der Waals surface area (Å²) in [7, 11) is 1.59. The van der Waals surface area contributed by atoms with Crippen LogP contribution in [-0.2, 0) is 11.2 Å². The van der Waals surface area contributed by atoms with Gasteiger partial charge in [0, 0.05) is 17.7 Å². The summed E-state index contributed by atoms with van der Waals surface area (Å²) in [6.07, 6.45) is 2.37. The van der Waals surface area contributed by atoms with Gasteiger partial charge >= 0.3 is 0 Å². The molecule has 0 saturated carbocycles. The van der Waals surface area contributed by atoms with E-state index in [9.17, 15) is 4.79 Å². The molecule has 3 heteroatoms. The van der Waals surface area contributed by atoms with E-state index in [-0.39, 0.29) is 11.7 Å². The predicted molar refractivity (Wildman–Crippen MR) is 54.3 cm³/mol. The van der Waals surface area contributed by atoms with Crippen molar-refractivity contribution in [1.29, 1.82) is 0 Å². The number of hydrogen-bond donors (Lipinski definition) is 0. The van der Waals surface area contributed by atoms with Gasteiger partial charge in [0.2, 0.25) is 5.88 Å². The number of carbonyl (C=O) groups is 1. The van der Waals surface area contributed by atoms with E-state index in [1.165, 1.54) is 0 Å². The first-order valence-corrected chi connectivity index (χ1v) is 4.63. The first-order chi connectivity index (χ1) is 6.65. The molecule has 0 aliphatic heterocycles. The molecule has 1 aromatic rings. The number of Topliss-reactive ketones (excluding diaryl/α,β-unsaturated/α-hetero) is 1. The fourth-order valence-corrected chi connectivity index (χ4v) is 1.24. The van der Waals surface area contributed by atoms with Crippen LogP contribution in [0.25, 0.3) is 0 Å². The zero-order valence-electron chi connectivity index (χ0n) is 8.78. The monoisotopic (exact) mass is 193 g/mol. The maximum Gasteiger partial charge on any atom is 0.216 e. The SMILES string of the molecule is COc1ncccc1CC(C)C(C)=O. The van der Waals surface area contributed by atoms with Gasteiger partial charge in [-0.05, 0) is 19.4 Å². The number of rotatable bonds is 4. The van der Waals surface area contributed by atoms with Gasteiger partial charge in [0.15, 0.2) is 0 Å². The molecule has 76 valence electrons. The quantitative estimate of drug-likeness (QED) is 0.732. The van der Waals surface area contributed by atoms with Gasteiger partial charge in [-0.2, -0.15) is 0 Å². The van der Waals surface area contributed by atoms with Crippen molar-refractivity contribution in [3.05, 3.63) is 23.9 Å². The van der Waals surface area contributed by atoms with E-state index in [4.69, 9.17) is 4.74 Å². The standard InChI is InChI=1S/C11H15NO2/c1-8(9(2)13)7-10-5-4-6-12-11(10)14-3/h4-6,8H,7H2,1-3H3. The number of carbonyl (C=O) groups excluding carboxylic acids is 1. The van der Waals surface area contributed by atoms with Crippen molar-refractivity contribution in [3.63, 3.8) is 0 Å². The van der Waals surface area contributed by atoms with Crippen molar-refractivity contribution in [2.45, 2.75) is 20.3 Å². The van der Waals surface area contributed by atoms with E-state index in [0.717, 1.165) is 5.56 Å². The van der Waals surface area contributed by atoms with Crippen LogP contribution >= 0.6 is 0 Å². The average Bonchev–Trinajstić information content (AvgIpc) is 2.18. The van der Waals surface area contributed by atoms with Crippen LogP contribution in [0.5, 0.6) is 5.88 Å². The molecule has 1 heterocycles. The van der Waals surface area contributed by atoms with Crippen LogP contribution in [0.2, 0.25) is 0 Å². The number of aromatic nitrogens is 1. The number of pyridine rings is 1. The second kappa shape index (κ2) is 4.74. The Hall–Kier alpha value is -1.38. The number of ether oxygens (including phenoxy) is 1. The van der Waals surface area contributed by atoms with Crippen molar-refractivity contribution in [3.8, 4) is 5.88 Å². The summed E-state index contributed by atoms with van der Waals surface area (Å²) in [5, 5.41) is 0. The Labute approximate surface area is 84.1 Å². The van der Waals surface area contributed by atoms with Crippen molar-refractivity contribution in [2.24, 2.45) is 5.92 Å². The van der Waals surface area contributed by atoms with Gasteiger partial charge in [-0.15, -0.1) is 0 Å². The Balaban J connectivity index is 2.80. The minimum Gasteiger partial charge on any atom is -0.481 e. The van der Waals surface area contributed by atoms with Crippen LogP contribution in [0.1, 0.15) is 19.4 Å². The Bertz CT molecular complexity index is 323. The van der Waals surface area contributed by atoms with Crippen LogP contribution in [0.3, 0.4) is 0 Å². The summed E-state index contributed by atoms with van der Waals surface area (Å²) >= 11 is 0. The number of methoxy groups -OCH3 is 1. The van der Waals surface area contributed by atoms with E-state index in [1.54, 1.807) is 20.2 Å². The Kier molecular flexibility index (Phi) is 3.63. The molecule has 14 heavy (non-hydrogen) atoms. The average molecular weight is 193 g/mol. The summed E-state index contributed by atoms with van der Waals surface area (Å²) in [6.45, 7) is 3.52. The smallest absolute Gasteiger partial charge is 0.216 e. The first kappa shape index (κ1) is 10.7. The molecule has 0 fully saturated rings. The summed E-state index contributed by atoms with van der Waals surface area (Å²) in [5.41, 5.74) is 0.984. The summed E-state index contributed by atoms with van der Waals surface area (Å²) < 4.78 is 5.10. The molecule has 0 bridgehead atoms. The largest absolute Gasteiger partial charge is 0.481 e. The molecule has 1 atom stereocenters.